The van der Waals surface area contributed by atoms with Gasteiger partial charge in [0.1, 0.15) is 5.02 Å². The molecule has 1 saturated carbocycles. The number of aromatic amines is 1. The fraction of sp³-hybridized carbons (Fsp3) is 0.692. The number of hydrogen-bond acceptors (Lipinski definition) is 4. The summed E-state index contributed by atoms with van der Waals surface area (Å²) in [6, 6.07) is 0.974. The van der Waals surface area contributed by atoms with E-state index in [-0.39, 0.29) is 10.6 Å². The summed E-state index contributed by atoms with van der Waals surface area (Å²) in [5.41, 5.74) is -0.256. The number of piperidine rings is 1. The van der Waals surface area contributed by atoms with Crippen LogP contribution in [0.15, 0.2) is 11.1 Å². The van der Waals surface area contributed by atoms with E-state index < -0.39 is 0 Å². The van der Waals surface area contributed by atoms with Crippen LogP contribution in [-0.4, -0.2) is 35.1 Å². The Labute approximate surface area is 117 Å². The van der Waals surface area contributed by atoms with Gasteiger partial charge in [-0.25, -0.2) is 4.98 Å². The molecule has 2 fully saturated rings. The molecule has 0 aromatic carbocycles. The van der Waals surface area contributed by atoms with Crippen LogP contribution in [0.25, 0.3) is 0 Å². The predicted molar refractivity (Wildman–Crippen MR) is 75.9 cm³/mol. The lowest BCUT2D eigenvalue weighted by Gasteiger charge is -2.31. The highest BCUT2D eigenvalue weighted by molar-refractivity contribution is 6.32. The van der Waals surface area contributed by atoms with Crippen LogP contribution in [0.2, 0.25) is 5.02 Å². The molecule has 0 radical (unpaired) electrons. The first kappa shape index (κ1) is 12.9. The van der Waals surface area contributed by atoms with E-state index in [0.717, 1.165) is 25.9 Å². The number of halogens is 1. The Morgan fingerprint density at radius 1 is 1.37 bits per heavy atom. The summed E-state index contributed by atoms with van der Waals surface area (Å²) < 4.78 is 0. The van der Waals surface area contributed by atoms with Crippen molar-refractivity contribution in [3.63, 3.8) is 0 Å². The van der Waals surface area contributed by atoms with Gasteiger partial charge in [0.25, 0.3) is 5.56 Å². The van der Waals surface area contributed by atoms with Crippen molar-refractivity contribution in [2.24, 2.45) is 0 Å². The maximum absolute atomic E-state index is 11.6. The SMILES string of the molecule is O=c1[nH]cnc(N(CC2CCCCN2)C2CC2)c1Cl. The van der Waals surface area contributed by atoms with Crippen molar-refractivity contribution in [1.82, 2.24) is 15.3 Å². The highest BCUT2D eigenvalue weighted by Gasteiger charge is 2.33. The largest absolute Gasteiger partial charge is 0.351 e. The van der Waals surface area contributed by atoms with Crippen molar-refractivity contribution in [3.05, 3.63) is 21.7 Å². The van der Waals surface area contributed by atoms with E-state index in [2.05, 4.69) is 20.2 Å². The van der Waals surface area contributed by atoms with Crippen LogP contribution in [0, 0.1) is 0 Å². The van der Waals surface area contributed by atoms with Gasteiger partial charge in [0.15, 0.2) is 5.82 Å². The van der Waals surface area contributed by atoms with E-state index in [1.54, 1.807) is 0 Å². The molecule has 0 amide bonds. The third-order valence-electron chi connectivity index (χ3n) is 3.87. The van der Waals surface area contributed by atoms with Crippen LogP contribution in [0.3, 0.4) is 0 Å². The van der Waals surface area contributed by atoms with Gasteiger partial charge in [-0.2, -0.15) is 0 Å². The maximum atomic E-state index is 11.6. The van der Waals surface area contributed by atoms with Crippen LogP contribution in [-0.2, 0) is 0 Å². The van der Waals surface area contributed by atoms with Gasteiger partial charge in [-0.15, -0.1) is 0 Å². The Morgan fingerprint density at radius 3 is 2.89 bits per heavy atom. The fourth-order valence-corrected chi connectivity index (χ4v) is 2.90. The van der Waals surface area contributed by atoms with Crippen molar-refractivity contribution in [3.8, 4) is 0 Å². The van der Waals surface area contributed by atoms with Gasteiger partial charge in [-0.05, 0) is 32.2 Å². The van der Waals surface area contributed by atoms with Crippen molar-refractivity contribution >= 4 is 17.4 Å². The lowest BCUT2D eigenvalue weighted by molar-refractivity contribution is 0.397. The number of H-pyrrole nitrogens is 1. The summed E-state index contributed by atoms with van der Waals surface area (Å²) in [7, 11) is 0. The lowest BCUT2D eigenvalue weighted by Crippen LogP contribution is -2.45. The van der Waals surface area contributed by atoms with Crippen molar-refractivity contribution in [2.75, 3.05) is 18.0 Å². The molecule has 2 heterocycles. The first-order valence-corrected chi connectivity index (χ1v) is 7.36. The van der Waals surface area contributed by atoms with Gasteiger partial charge >= 0.3 is 0 Å². The van der Waals surface area contributed by atoms with Crippen LogP contribution in [0.4, 0.5) is 5.82 Å². The minimum Gasteiger partial charge on any atom is -0.351 e. The molecule has 104 valence electrons. The highest BCUT2D eigenvalue weighted by atomic mass is 35.5. The monoisotopic (exact) mass is 282 g/mol. The van der Waals surface area contributed by atoms with Crippen LogP contribution >= 0.6 is 11.6 Å². The minimum absolute atomic E-state index is 0.213. The van der Waals surface area contributed by atoms with Gasteiger partial charge in [0, 0.05) is 18.6 Å². The number of nitrogens with zero attached hydrogens (tertiary/aromatic N) is 2. The quantitative estimate of drug-likeness (QED) is 0.879. The first-order valence-electron chi connectivity index (χ1n) is 6.99. The van der Waals surface area contributed by atoms with E-state index in [1.807, 2.05) is 0 Å². The maximum Gasteiger partial charge on any atom is 0.271 e. The molecule has 1 unspecified atom stereocenters. The first-order chi connectivity index (χ1) is 9.25. The normalized spacial score (nSPS) is 23.3. The smallest absolute Gasteiger partial charge is 0.271 e. The molecule has 1 aliphatic carbocycles. The summed E-state index contributed by atoms with van der Waals surface area (Å²) in [6.45, 7) is 1.97. The molecule has 1 saturated heterocycles. The van der Waals surface area contributed by atoms with Crippen LogP contribution < -0.4 is 15.8 Å². The summed E-state index contributed by atoms with van der Waals surface area (Å²) >= 11 is 6.11. The molecule has 2 N–H and O–H groups in total. The van der Waals surface area contributed by atoms with E-state index in [0.29, 0.717) is 17.9 Å². The van der Waals surface area contributed by atoms with E-state index >= 15 is 0 Å². The van der Waals surface area contributed by atoms with Crippen molar-refractivity contribution < 1.29 is 0 Å². The zero-order valence-corrected chi connectivity index (χ0v) is 11.6. The summed E-state index contributed by atoms with van der Waals surface area (Å²) in [6.07, 6.45) is 7.48. The average Bonchev–Trinajstić information content (AvgIpc) is 3.25. The standard InChI is InChI=1S/C13H19ClN4O/c14-11-12(16-8-17-13(11)19)18(10-4-5-10)7-9-3-1-2-6-15-9/h8-10,15H,1-7H2,(H,16,17,19). The molecule has 2 aliphatic rings. The molecule has 1 aromatic rings. The third-order valence-corrected chi connectivity index (χ3v) is 4.21. The topological polar surface area (TPSA) is 61.0 Å². The van der Waals surface area contributed by atoms with Gasteiger partial charge in [-0.1, -0.05) is 18.0 Å². The fourth-order valence-electron chi connectivity index (χ4n) is 2.69. The van der Waals surface area contributed by atoms with E-state index in [9.17, 15) is 4.79 Å². The Hall–Kier alpha value is -1.07. The van der Waals surface area contributed by atoms with Crippen LogP contribution in [0.1, 0.15) is 32.1 Å². The molecular weight excluding hydrogens is 264 g/mol. The second kappa shape index (κ2) is 5.51. The number of hydrogen-bond donors (Lipinski definition) is 2. The van der Waals surface area contributed by atoms with Gasteiger partial charge in [0.05, 0.1) is 6.33 Å². The highest BCUT2D eigenvalue weighted by Crippen LogP contribution is 2.33. The lowest BCUT2D eigenvalue weighted by atomic mass is 10.0. The van der Waals surface area contributed by atoms with Gasteiger partial charge in [-0.3, -0.25) is 4.79 Å². The second-order valence-corrected chi connectivity index (χ2v) is 5.78. The molecule has 6 heteroatoms. The number of nitrogens with one attached hydrogen (secondary N) is 2. The Bertz CT molecular complexity index is 494. The average molecular weight is 283 g/mol. The minimum atomic E-state index is -0.256. The molecular formula is C13H19ClN4O. The summed E-state index contributed by atoms with van der Waals surface area (Å²) in [4.78, 5) is 20.6. The Morgan fingerprint density at radius 2 is 2.21 bits per heavy atom. The zero-order chi connectivity index (χ0) is 13.2. The number of anilines is 1. The summed E-state index contributed by atoms with van der Waals surface area (Å²) in [5, 5.41) is 3.75. The molecule has 0 spiro atoms. The molecule has 1 aliphatic heterocycles. The summed E-state index contributed by atoms with van der Waals surface area (Å²) in [5.74, 6) is 0.639. The van der Waals surface area contributed by atoms with Crippen molar-refractivity contribution in [1.29, 1.82) is 0 Å². The molecule has 1 aromatic heterocycles. The van der Waals surface area contributed by atoms with Gasteiger partial charge in [0.2, 0.25) is 0 Å². The second-order valence-electron chi connectivity index (χ2n) is 5.40. The van der Waals surface area contributed by atoms with Crippen LogP contribution in [0.5, 0.6) is 0 Å². The molecule has 0 bridgehead atoms. The van der Waals surface area contributed by atoms with Gasteiger partial charge < -0.3 is 15.2 Å². The molecule has 3 rings (SSSR count). The van der Waals surface area contributed by atoms with Crippen molar-refractivity contribution in [2.45, 2.75) is 44.2 Å². The molecule has 19 heavy (non-hydrogen) atoms. The molecule has 1 atom stereocenters. The zero-order valence-electron chi connectivity index (χ0n) is 10.9. The Kier molecular flexibility index (Phi) is 3.75. The van der Waals surface area contributed by atoms with E-state index in [4.69, 9.17) is 11.6 Å². The molecule has 5 nitrogen and oxygen atoms in total. The van der Waals surface area contributed by atoms with E-state index in [1.165, 1.54) is 25.6 Å². The predicted octanol–water partition coefficient (Wildman–Crippen LogP) is 1.53. The number of aromatic nitrogens is 2. The third kappa shape index (κ3) is 2.92. The number of rotatable bonds is 4. The Balaban J connectivity index is 1.80.